The summed E-state index contributed by atoms with van der Waals surface area (Å²) in [5.41, 5.74) is 0.903. The van der Waals surface area contributed by atoms with E-state index in [9.17, 15) is 19.1 Å². The average molecular weight is 396 g/mol. The van der Waals surface area contributed by atoms with Gasteiger partial charge in [-0.2, -0.15) is 0 Å². The van der Waals surface area contributed by atoms with Crippen LogP contribution in [0.25, 0.3) is 0 Å². The van der Waals surface area contributed by atoms with Gasteiger partial charge in [0.2, 0.25) is 0 Å². The van der Waals surface area contributed by atoms with Crippen LogP contribution in [0, 0.1) is 5.82 Å². The molecule has 0 radical (unpaired) electrons. The summed E-state index contributed by atoms with van der Waals surface area (Å²) >= 11 is 3.18. The highest BCUT2D eigenvalue weighted by atomic mass is 79.9. The number of carboxylic acids is 1. The van der Waals surface area contributed by atoms with Crippen LogP contribution in [0.1, 0.15) is 17.2 Å². The van der Waals surface area contributed by atoms with Gasteiger partial charge in [-0.1, -0.05) is 46.3 Å². The first-order valence-electron chi connectivity index (χ1n) is 7.01. The average Bonchev–Trinajstić information content (AvgIpc) is 2.56. The molecule has 1 N–H and O–H groups in total. The number of nitrogens with zero attached hydrogens (tertiary/aromatic N) is 1. The van der Waals surface area contributed by atoms with E-state index in [0.29, 0.717) is 4.47 Å². The highest BCUT2D eigenvalue weighted by Gasteiger charge is 2.31. The molecule has 0 fully saturated rings. The second-order valence-corrected chi connectivity index (χ2v) is 5.91. The van der Waals surface area contributed by atoms with Crippen molar-refractivity contribution in [2.24, 2.45) is 0 Å². The molecule has 24 heavy (non-hydrogen) atoms. The van der Waals surface area contributed by atoms with Gasteiger partial charge >= 0.3 is 12.1 Å². The van der Waals surface area contributed by atoms with Crippen molar-refractivity contribution in [2.45, 2.75) is 12.6 Å². The maximum absolute atomic E-state index is 13.5. The number of hydrogen-bond acceptors (Lipinski definition) is 3. The topological polar surface area (TPSA) is 66.8 Å². The van der Waals surface area contributed by atoms with Gasteiger partial charge < -0.3 is 9.84 Å². The van der Waals surface area contributed by atoms with Crippen LogP contribution in [0.15, 0.2) is 53.0 Å². The Kier molecular flexibility index (Phi) is 5.92. The first-order valence-corrected chi connectivity index (χ1v) is 7.80. The predicted octanol–water partition coefficient (Wildman–Crippen LogP) is 3.98. The molecule has 0 aromatic heterocycles. The molecule has 1 unspecified atom stereocenters. The van der Waals surface area contributed by atoms with Crippen LogP contribution >= 0.6 is 15.9 Å². The van der Waals surface area contributed by atoms with Gasteiger partial charge in [0.15, 0.2) is 6.04 Å². The standard InChI is InChI=1S/C17H15BrFNO4/c1-20(17(23)24-10-11-5-3-2-4-6-11)15(16(21)22)13-9-12(19)7-8-14(13)18/h2-9,15H,10H2,1H3,(H,21,22). The normalized spacial score (nSPS) is 11.6. The van der Waals surface area contributed by atoms with Gasteiger partial charge in [0, 0.05) is 17.1 Å². The number of amides is 1. The predicted molar refractivity (Wildman–Crippen MR) is 88.9 cm³/mol. The Morgan fingerprint density at radius 3 is 2.54 bits per heavy atom. The van der Waals surface area contributed by atoms with Gasteiger partial charge in [-0.25, -0.2) is 14.0 Å². The van der Waals surface area contributed by atoms with Crippen molar-refractivity contribution in [1.29, 1.82) is 0 Å². The van der Waals surface area contributed by atoms with Gasteiger partial charge in [0.05, 0.1) is 0 Å². The summed E-state index contributed by atoms with van der Waals surface area (Å²) in [6.07, 6.45) is -0.817. The summed E-state index contributed by atoms with van der Waals surface area (Å²) in [5.74, 6) is -1.88. The van der Waals surface area contributed by atoms with Crippen molar-refractivity contribution < 1.29 is 23.8 Å². The van der Waals surface area contributed by atoms with E-state index >= 15 is 0 Å². The van der Waals surface area contributed by atoms with Gasteiger partial charge in [-0.15, -0.1) is 0 Å². The van der Waals surface area contributed by atoms with E-state index in [1.54, 1.807) is 24.3 Å². The Balaban J connectivity index is 2.16. The van der Waals surface area contributed by atoms with Crippen LogP contribution in [0.2, 0.25) is 0 Å². The van der Waals surface area contributed by atoms with Crippen LogP contribution in [-0.4, -0.2) is 29.1 Å². The molecule has 1 amide bonds. The zero-order valence-electron chi connectivity index (χ0n) is 12.8. The van der Waals surface area contributed by atoms with Crippen molar-refractivity contribution in [3.63, 3.8) is 0 Å². The summed E-state index contributed by atoms with van der Waals surface area (Å²) in [7, 11) is 1.30. The van der Waals surface area contributed by atoms with Gasteiger partial charge in [0.1, 0.15) is 12.4 Å². The van der Waals surface area contributed by atoms with Crippen LogP contribution in [0.5, 0.6) is 0 Å². The third kappa shape index (κ3) is 4.32. The minimum Gasteiger partial charge on any atom is -0.479 e. The fourth-order valence-corrected chi connectivity index (χ4v) is 2.62. The SMILES string of the molecule is CN(C(=O)OCc1ccccc1)C(C(=O)O)c1cc(F)ccc1Br. The number of likely N-dealkylation sites (N-methyl/N-ethyl adjacent to an activating group) is 1. The Bertz CT molecular complexity index is 739. The van der Waals surface area contributed by atoms with Gasteiger partial charge in [-0.05, 0) is 23.8 Å². The van der Waals surface area contributed by atoms with Crippen LogP contribution < -0.4 is 0 Å². The minimum absolute atomic E-state index is 0.0146. The number of benzene rings is 2. The third-order valence-electron chi connectivity index (χ3n) is 3.37. The fraction of sp³-hybridized carbons (Fsp3) is 0.176. The second-order valence-electron chi connectivity index (χ2n) is 5.06. The highest BCUT2D eigenvalue weighted by Crippen LogP contribution is 2.29. The van der Waals surface area contributed by atoms with Crippen molar-refractivity contribution >= 4 is 28.0 Å². The van der Waals surface area contributed by atoms with Crippen LogP contribution in [0.4, 0.5) is 9.18 Å². The first kappa shape index (κ1) is 17.9. The molecule has 2 rings (SSSR count). The summed E-state index contributed by atoms with van der Waals surface area (Å²) in [6.45, 7) is 0.0146. The quantitative estimate of drug-likeness (QED) is 0.830. The smallest absolute Gasteiger partial charge is 0.410 e. The van der Waals surface area contributed by atoms with Crippen LogP contribution in [-0.2, 0) is 16.1 Å². The first-order chi connectivity index (χ1) is 11.4. The van der Waals surface area contributed by atoms with E-state index in [0.717, 1.165) is 16.5 Å². The molecule has 1 atom stereocenters. The summed E-state index contributed by atoms with van der Waals surface area (Å²) in [4.78, 5) is 24.7. The van der Waals surface area contributed by atoms with Crippen LogP contribution in [0.3, 0.4) is 0 Å². The fourth-order valence-electron chi connectivity index (χ4n) is 2.16. The number of ether oxygens (including phenoxy) is 1. The number of rotatable bonds is 5. The summed E-state index contributed by atoms with van der Waals surface area (Å²) in [6, 6.07) is 11.3. The molecule has 126 valence electrons. The number of carbonyl (C=O) groups is 2. The molecule has 7 heteroatoms. The molecule has 2 aromatic carbocycles. The summed E-state index contributed by atoms with van der Waals surface area (Å²) in [5, 5.41) is 9.45. The molecule has 0 saturated heterocycles. The maximum atomic E-state index is 13.5. The molecule has 0 aliphatic heterocycles. The van der Waals surface area contributed by atoms with E-state index in [4.69, 9.17) is 4.74 Å². The molecule has 2 aromatic rings. The molecule has 0 spiro atoms. The molecule has 5 nitrogen and oxygen atoms in total. The van der Waals surface area contributed by atoms with Gasteiger partial charge in [-0.3, -0.25) is 4.90 Å². The van der Waals surface area contributed by atoms with E-state index in [2.05, 4.69) is 15.9 Å². The number of halogens is 2. The van der Waals surface area contributed by atoms with Crippen molar-refractivity contribution in [3.8, 4) is 0 Å². The van der Waals surface area contributed by atoms with Crippen molar-refractivity contribution in [1.82, 2.24) is 4.90 Å². The monoisotopic (exact) mass is 395 g/mol. The third-order valence-corrected chi connectivity index (χ3v) is 4.09. The Hall–Kier alpha value is -2.41. The molecular weight excluding hydrogens is 381 g/mol. The molecule has 0 bridgehead atoms. The van der Waals surface area contributed by atoms with E-state index in [1.165, 1.54) is 19.2 Å². The second kappa shape index (κ2) is 7.92. The molecule has 0 heterocycles. The zero-order valence-corrected chi connectivity index (χ0v) is 14.4. The number of carbonyl (C=O) groups excluding carboxylic acids is 1. The molecular formula is C17H15BrFNO4. The zero-order chi connectivity index (χ0) is 17.7. The molecule has 0 aliphatic rings. The number of aliphatic carboxylic acids is 1. The minimum atomic E-state index is -1.38. The Morgan fingerprint density at radius 1 is 1.25 bits per heavy atom. The van der Waals surface area contributed by atoms with Crippen molar-refractivity contribution in [3.05, 3.63) is 69.9 Å². The largest absolute Gasteiger partial charge is 0.479 e. The van der Waals surface area contributed by atoms with E-state index in [1.807, 2.05) is 6.07 Å². The molecule has 0 aliphatic carbocycles. The highest BCUT2D eigenvalue weighted by molar-refractivity contribution is 9.10. The van der Waals surface area contributed by atoms with E-state index in [-0.39, 0.29) is 12.2 Å². The lowest BCUT2D eigenvalue weighted by atomic mass is 10.1. The lowest BCUT2D eigenvalue weighted by molar-refractivity contribution is -0.142. The summed E-state index contributed by atoms with van der Waals surface area (Å²) < 4.78 is 19.0. The molecule has 0 saturated carbocycles. The Morgan fingerprint density at radius 2 is 1.92 bits per heavy atom. The Labute approximate surface area is 146 Å². The number of hydrogen-bond donors (Lipinski definition) is 1. The maximum Gasteiger partial charge on any atom is 0.410 e. The van der Waals surface area contributed by atoms with Crippen molar-refractivity contribution in [2.75, 3.05) is 7.05 Å². The lowest BCUT2D eigenvalue weighted by Crippen LogP contribution is -2.36. The van der Waals surface area contributed by atoms with Gasteiger partial charge in [0.25, 0.3) is 0 Å². The number of carboxylic acid groups (broad SMARTS) is 1. The lowest BCUT2D eigenvalue weighted by Gasteiger charge is -2.25. The van der Waals surface area contributed by atoms with E-state index < -0.39 is 23.9 Å².